The molecule has 1 aromatic carbocycles. The van der Waals surface area contributed by atoms with E-state index in [9.17, 15) is 8.42 Å². The second-order valence-electron chi connectivity index (χ2n) is 6.51. The smallest absolute Gasteiger partial charge is 0.214 e. The molecule has 1 aliphatic carbocycles. The summed E-state index contributed by atoms with van der Waals surface area (Å²) >= 11 is 5.98. The molecule has 1 saturated carbocycles. The maximum atomic E-state index is 12.1. The average Bonchev–Trinajstić information content (AvgIpc) is 3.39. The van der Waals surface area contributed by atoms with Crippen molar-refractivity contribution in [2.45, 2.75) is 37.0 Å². The number of fused-ring (bicyclic) bond motifs is 1. The molecule has 1 N–H and O–H groups in total. The molecule has 0 radical (unpaired) electrons. The van der Waals surface area contributed by atoms with E-state index in [0.717, 1.165) is 49.1 Å². The molecular weight excluding hydrogens is 348 g/mol. The molecule has 24 heavy (non-hydrogen) atoms. The predicted molar refractivity (Wildman–Crippen MR) is 94.9 cm³/mol. The van der Waals surface area contributed by atoms with Crippen LogP contribution in [0.15, 0.2) is 24.4 Å². The number of rotatable bonds is 4. The van der Waals surface area contributed by atoms with Gasteiger partial charge in [0.15, 0.2) is 0 Å². The van der Waals surface area contributed by atoms with Crippen molar-refractivity contribution >= 4 is 38.5 Å². The number of halogens is 1. The predicted octanol–water partition coefficient (Wildman–Crippen LogP) is 2.33. The van der Waals surface area contributed by atoms with Gasteiger partial charge in [-0.1, -0.05) is 11.6 Å². The molecule has 1 aromatic heterocycles. The lowest BCUT2D eigenvalue weighted by Gasteiger charge is -2.33. The van der Waals surface area contributed by atoms with Gasteiger partial charge in [-0.3, -0.25) is 4.98 Å². The molecular formula is C16H19ClN4O2S. The van der Waals surface area contributed by atoms with E-state index in [1.807, 2.05) is 6.07 Å². The van der Waals surface area contributed by atoms with Crippen molar-refractivity contribution in [2.24, 2.45) is 0 Å². The minimum atomic E-state index is -3.16. The molecule has 2 fully saturated rings. The highest BCUT2D eigenvalue weighted by atomic mass is 35.5. The number of hydrogen-bond acceptors (Lipinski definition) is 5. The van der Waals surface area contributed by atoms with Gasteiger partial charge >= 0.3 is 0 Å². The van der Waals surface area contributed by atoms with Gasteiger partial charge in [0.1, 0.15) is 5.82 Å². The average molecular weight is 367 g/mol. The van der Waals surface area contributed by atoms with Crippen molar-refractivity contribution in [1.29, 1.82) is 0 Å². The SMILES string of the molecule is O=S(=O)(NC1CCCN(c2cnc3cc(Cl)ccc3n2)C1)C1CC1. The van der Waals surface area contributed by atoms with Gasteiger partial charge in [-0.15, -0.1) is 0 Å². The van der Waals surface area contributed by atoms with Gasteiger partial charge in [-0.05, 0) is 43.9 Å². The van der Waals surface area contributed by atoms with E-state index < -0.39 is 10.0 Å². The van der Waals surface area contributed by atoms with Crippen molar-refractivity contribution in [1.82, 2.24) is 14.7 Å². The number of benzene rings is 1. The zero-order valence-electron chi connectivity index (χ0n) is 13.2. The summed E-state index contributed by atoms with van der Waals surface area (Å²) in [5.41, 5.74) is 1.55. The Hall–Kier alpha value is -1.44. The van der Waals surface area contributed by atoms with Crippen LogP contribution in [0.1, 0.15) is 25.7 Å². The van der Waals surface area contributed by atoms with E-state index in [1.165, 1.54) is 0 Å². The number of hydrogen-bond donors (Lipinski definition) is 1. The lowest BCUT2D eigenvalue weighted by Crippen LogP contribution is -2.48. The molecule has 0 amide bonds. The second-order valence-corrected chi connectivity index (χ2v) is 8.94. The topological polar surface area (TPSA) is 75.2 Å². The fraction of sp³-hybridized carbons (Fsp3) is 0.500. The van der Waals surface area contributed by atoms with Crippen molar-refractivity contribution < 1.29 is 8.42 Å². The summed E-state index contributed by atoms with van der Waals surface area (Å²) in [5.74, 6) is 0.778. The zero-order valence-corrected chi connectivity index (χ0v) is 14.7. The van der Waals surface area contributed by atoms with Crippen LogP contribution in [0.4, 0.5) is 5.82 Å². The number of anilines is 1. The summed E-state index contributed by atoms with van der Waals surface area (Å²) in [6.45, 7) is 1.48. The standard InChI is InChI=1S/C16H19ClN4O2S/c17-11-3-6-14-15(8-11)18-9-16(19-14)21-7-1-2-12(10-21)20-24(22,23)13-4-5-13/h3,6,8-9,12-13,20H,1-2,4-5,7,10H2. The molecule has 4 rings (SSSR count). The molecule has 128 valence electrons. The summed E-state index contributed by atoms with van der Waals surface area (Å²) < 4.78 is 27.1. The summed E-state index contributed by atoms with van der Waals surface area (Å²) in [6.07, 6.45) is 5.09. The third-order valence-corrected chi connectivity index (χ3v) is 6.78. The number of nitrogens with zero attached hydrogens (tertiary/aromatic N) is 3. The molecule has 1 atom stereocenters. The second kappa shape index (κ2) is 6.13. The van der Waals surface area contributed by atoms with Gasteiger partial charge in [0.2, 0.25) is 10.0 Å². The number of sulfonamides is 1. The molecule has 1 saturated heterocycles. The van der Waals surface area contributed by atoms with Crippen molar-refractivity contribution in [2.75, 3.05) is 18.0 Å². The highest BCUT2D eigenvalue weighted by Gasteiger charge is 2.37. The lowest BCUT2D eigenvalue weighted by molar-refractivity contribution is 0.463. The maximum Gasteiger partial charge on any atom is 0.214 e. The molecule has 8 heteroatoms. The largest absolute Gasteiger partial charge is 0.354 e. The van der Waals surface area contributed by atoms with E-state index in [4.69, 9.17) is 11.6 Å². The Morgan fingerprint density at radius 2 is 2.04 bits per heavy atom. The quantitative estimate of drug-likeness (QED) is 0.898. The molecule has 6 nitrogen and oxygen atoms in total. The first-order valence-electron chi connectivity index (χ1n) is 8.20. The van der Waals surface area contributed by atoms with Gasteiger partial charge < -0.3 is 4.90 Å². The summed E-state index contributed by atoms with van der Waals surface area (Å²) in [5, 5.41) is 0.454. The minimum absolute atomic E-state index is 0.0629. The van der Waals surface area contributed by atoms with Crippen LogP contribution in [0.5, 0.6) is 0 Å². The van der Waals surface area contributed by atoms with Crippen LogP contribution in [0.2, 0.25) is 5.02 Å². The fourth-order valence-corrected chi connectivity index (χ4v) is 4.89. The number of aromatic nitrogens is 2. The fourth-order valence-electron chi connectivity index (χ4n) is 3.11. The van der Waals surface area contributed by atoms with Crippen molar-refractivity contribution in [3.05, 3.63) is 29.4 Å². The van der Waals surface area contributed by atoms with E-state index in [0.29, 0.717) is 11.6 Å². The normalized spacial score (nSPS) is 22.0. The van der Waals surface area contributed by atoms with E-state index in [2.05, 4.69) is 19.6 Å². The number of nitrogens with one attached hydrogen (secondary N) is 1. The van der Waals surface area contributed by atoms with E-state index in [-0.39, 0.29) is 11.3 Å². The number of piperidine rings is 1. The van der Waals surface area contributed by atoms with E-state index in [1.54, 1.807) is 18.3 Å². The Morgan fingerprint density at radius 3 is 2.83 bits per heavy atom. The van der Waals surface area contributed by atoms with Crippen LogP contribution in [0.3, 0.4) is 0 Å². The van der Waals surface area contributed by atoms with Crippen LogP contribution < -0.4 is 9.62 Å². The van der Waals surface area contributed by atoms with Gasteiger partial charge in [0.25, 0.3) is 0 Å². The molecule has 1 unspecified atom stereocenters. The Balaban J connectivity index is 1.52. The van der Waals surface area contributed by atoms with Crippen LogP contribution in [0, 0.1) is 0 Å². The van der Waals surface area contributed by atoms with Crippen LogP contribution >= 0.6 is 11.6 Å². The molecule has 2 aromatic rings. The maximum absolute atomic E-state index is 12.1. The van der Waals surface area contributed by atoms with E-state index >= 15 is 0 Å². The Labute approximate surface area is 146 Å². The van der Waals surface area contributed by atoms with Crippen LogP contribution in [-0.2, 0) is 10.0 Å². The van der Waals surface area contributed by atoms with Gasteiger partial charge in [0.05, 0.1) is 22.5 Å². The Morgan fingerprint density at radius 1 is 1.21 bits per heavy atom. The highest BCUT2D eigenvalue weighted by molar-refractivity contribution is 7.90. The Kier molecular flexibility index (Phi) is 4.10. The molecule has 2 heterocycles. The van der Waals surface area contributed by atoms with Crippen molar-refractivity contribution in [3.8, 4) is 0 Å². The Bertz CT molecular complexity index is 870. The first-order valence-corrected chi connectivity index (χ1v) is 10.1. The minimum Gasteiger partial charge on any atom is -0.354 e. The van der Waals surface area contributed by atoms with Crippen molar-refractivity contribution in [3.63, 3.8) is 0 Å². The zero-order chi connectivity index (χ0) is 16.7. The third kappa shape index (κ3) is 3.34. The van der Waals surface area contributed by atoms with Gasteiger partial charge in [0, 0.05) is 24.2 Å². The van der Waals surface area contributed by atoms with Gasteiger partial charge in [-0.25, -0.2) is 18.1 Å². The molecule has 0 bridgehead atoms. The first-order chi connectivity index (χ1) is 11.5. The summed E-state index contributed by atoms with van der Waals surface area (Å²) in [6, 6.07) is 5.37. The van der Waals surface area contributed by atoms with Crippen LogP contribution in [-0.4, -0.2) is 42.8 Å². The summed E-state index contributed by atoms with van der Waals surface area (Å²) in [4.78, 5) is 11.2. The first kappa shape index (κ1) is 16.1. The lowest BCUT2D eigenvalue weighted by atomic mass is 10.1. The molecule has 2 aliphatic rings. The third-order valence-electron chi connectivity index (χ3n) is 4.53. The van der Waals surface area contributed by atoms with Gasteiger partial charge in [-0.2, -0.15) is 0 Å². The molecule has 1 aliphatic heterocycles. The summed E-state index contributed by atoms with van der Waals surface area (Å²) in [7, 11) is -3.16. The monoisotopic (exact) mass is 366 g/mol. The van der Waals surface area contributed by atoms with Crippen LogP contribution in [0.25, 0.3) is 11.0 Å². The molecule has 0 spiro atoms. The highest BCUT2D eigenvalue weighted by Crippen LogP contribution is 2.29.